The van der Waals surface area contributed by atoms with Gasteiger partial charge in [-0.3, -0.25) is 9.59 Å². The number of carbonyl (C=O) groups excluding carboxylic acids is 2. The zero-order valence-electron chi connectivity index (χ0n) is 17.7. The molecule has 1 aliphatic heterocycles. The summed E-state index contributed by atoms with van der Waals surface area (Å²) in [5.41, 5.74) is 2.93. The van der Waals surface area contributed by atoms with E-state index in [1.165, 1.54) is 26.6 Å². The van der Waals surface area contributed by atoms with Crippen molar-refractivity contribution in [2.24, 2.45) is 0 Å². The number of halogens is 2. The molecule has 0 atom stereocenters. The van der Waals surface area contributed by atoms with Crippen molar-refractivity contribution in [2.45, 2.75) is 32.4 Å². The summed E-state index contributed by atoms with van der Waals surface area (Å²) >= 11 is 12.9. The van der Waals surface area contributed by atoms with Crippen LogP contribution in [0.5, 0.6) is 5.75 Å². The van der Waals surface area contributed by atoms with E-state index in [1.807, 2.05) is 6.07 Å². The number of benzene rings is 1. The molecule has 0 fully saturated rings. The summed E-state index contributed by atoms with van der Waals surface area (Å²) in [4.78, 5) is 34.5. The normalized spacial score (nSPS) is 13.2. The molecule has 3 aromatic rings. The highest BCUT2D eigenvalue weighted by Crippen LogP contribution is 2.38. The van der Waals surface area contributed by atoms with Gasteiger partial charge in [0.05, 0.1) is 42.2 Å². The number of nitrogens with zero attached hydrogens (tertiary/aromatic N) is 4. The third-order valence-corrected chi connectivity index (χ3v) is 6.43. The van der Waals surface area contributed by atoms with E-state index < -0.39 is 0 Å². The number of carbonyl (C=O) groups is 2. The maximum Gasteiger partial charge on any atom is 0.305 e. The number of esters is 1. The second-order valence-electron chi connectivity index (χ2n) is 7.44. The largest absolute Gasteiger partial charge is 0.494 e. The number of hydrogen-bond acceptors (Lipinski definition) is 6. The van der Waals surface area contributed by atoms with Gasteiger partial charge in [0.25, 0.3) is 5.91 Å². The van der Waals surface area contributed by atoms with Crippen LogP contribution >= 0.6 is 23.2 Å². The lowest BCUT2D eigenvalue weighted by Crippen LogP contribution is -2.37. The van der Waals surface area contributed by atoms with E-state index in [-0.39, 0.29) is 17.7 Å². The van der Waals surface area contributed by atoms with Crippen LogP contribution in [-0.2, 0) is 29.0 Å². The number of methoxy groups -OCH3 is 2. The smallest absolute Gasteiger partial charge is 0.305 e. The molecule has 0 radical (unpaired) electrons. The van der Waals surface area contributed by atoms with Crippen molar-refractivity contribution in [2.75, 3.05) is 20.8 Å². The molecule has 10 heteroatoms. The van der Waals surface area contributed by atoms with Crippen molar-refractivity contribution in [1.29, 1.82) is 0 Å². The van der Waals surface area contributed by atoms with E-state index in [1.54, 1.807) is 11.0 Å². The van der Waals surface area contributed by atoms with Crippen molar-refractivity contribution >= 4 is 46.0 Å². The molecule has 0 spiro atoms. The van der Waals surface area contributed by atoms with Gasteiger partial charge in [0.1, 0.15) is 0 Å². The van der Waals surface area contributed by atoms with Gasteiger partial charge >= 0.3 is 5.97 Å². The minimum atomic E-state index is -0.254. The predicted molar refractivity (Wildman–Crippen MR) is 120 cm³/mol. The van der Waals surface area contributed by atoms with Gasteiger partial charge in [0, 0.05) is 49.1 Å². The fourth-order valence-corrected chi connectivity index (χ4v) is 4.47. The molecule has 0 N–H and O–H groups in total. The summed E-state index contributed by atoms with van der Waals surface area (Å²) < 4.78 is 11.9. The minimum absolute atomic E-state index is 0.122. The van der Waals surface area contributed by atoms with Gasteiger partial charge in [0.2, 0.25) is 5.82 Å². The number of amides is 1. The van der Waals surface area contributed by atoms with E-state index in [0.717, 1.165) is 22.2 Å². The first-order valence-corrected chi connectivity index (χ1v) is 10.9. The molecule has 0 saturated carbocycles. The summed E-state index contributed by atoms with van der Waals surface area (Å²) in [6.45, 7) is 1.51. The molecule has 0 saturated heterocycles. The third-order valence-electron chi connectivity index (χ3n) is 5.64. The molecule has 2 aromatic heterocycles. The highest BCUT2D eigenvalue weighted by molar-refractivity contribution is 6.45. The zero-order valence-corrected chi connectivity index (χ0v) is 19.2. The first-order valence-electron chi connectivity index (χ1n) is 10.1. The van der Waals surface area contributed by atoms with Crippen molar-refractivity contribution in [3.63, 3.8) is 0 Å². The monoisotopic (exact) mass is 476 g/mol. The highest BCUT2D eigenvalue weighted by atomic mass is 35.5. The Morgan fingerprint density at radius 2 is 1.91 bits per heavy atom. The van der Waals surface area contributed by atoms with Gasteiger partial charge in [-0.15, -0.1) is 0 Å². The lowest BCUT2D eigenvalue weighted by atomic mass is 10.0. The Bertz CT molecular complexity index is 1180. The van der Waals surface area contributed by atoms with Crippen LogP contribution in [0.3, 0.4) is 0 Å². The maximum absolute atomic E-state index is 13.0. The van der Waals surface area contributed by atoms with Crippen molar-refractivity contribution in [1.82, 2.24) is 19.4 Å². The standard InChI is InChI=1S/C22H22Cl2N4O4/c1-31-13-10-25-21(26-11-13)22(30)27-9-7-17-15(12-27)14-5-6-16(23)19(24)20(14)28(17)8-3-4-18(29)32-2/h5-6,10-11H,3-4,7-9,12H2,1-2H3. The lowest BCUT2D eigenvalue weighted by Gasteiger charge is -2.27. The van der Waals surface area contributed by atoms with Gasteiger partial charge in [0.15, 0.2) is 5.75 Å². The Morgan fingerprint density at radius 3 is 2.59 bits per heavy atom. The van der Waals surface area contributed by atoms with E-state index in [2.05, 4.69) is 14.5 Å². The first-order chi connectivity index (χ1) is 15.4. The van der Waals surface area contributed by atoms with E-state index >= 15 is 0 Å². The Balaban J connectivity index is 1.66. The third kappa shape index (κ3) is 4.12. The number of ether oxygens (including phenoxy) is 2. The summed E-state index contributed by atoms with van der Waals surface area (Å²) in [5, 5.41) is 1.87. The second-order valence-corrected chi connectivity index (χ2v) is 8.22. The molecule has 0 unspecified atom stereocenters. The molecule has 1 aromatic carbocycles. The predicted octanol–water partition coefficient (Wildman–Crippen LogP) is 3.90. The number of aromatic nitrogens is 3. The van der Waals surface area contributed by atoms with Crippen LogP contribution in [-0.4, -0.2) is 52.1 Å². The van der Waals surface area contributed by atoms with Crippen molar-refractivity contribution < 1.29 is 19.1 Å². The number of hydrogen-bond donors (Lipinski definition) is 0. The Morgan fingerprint density at radius 1 is 1.16 bits per heavy atom. The molecule has 1 amide bonds. The van der Waals surface area contributed by atoms with Crippen LogP contribution in [0.4, 0.5) is 0 Å². The average Bonchev–Trinajstić information content (AvgIpc) is 3.14. The summed E-state index contributed by atoms with van der Waals surface area (Å²) in [6, 6.07) is 3.69. The molecular formula is C22H22Cl2N4O4. The summed E-state index contributed by atoms with van der Waals surface area (Å²) in [5.74, 6) is 0.113. The molecule has 0 bridgehead atoms. The zero-order chi connectivity index (χ0) is 22.8. The van der Waals surface area contributed by atoms with Gasteiger partial charge in [-0.25, -0.2) is 9.97 Å². The van der Waals surface area contributed by atoms with Crippen molar-refractivity contribution in [3.8, 4) is 5.75 Å². The van der Waals surface area contributed by atoms with Gasteiger partial charge < -0.3 is 18.9 Å². The van der Waals surface area contributed by atoms with E-state index in [4.69, 9.17) is 32.7 Å². The topological polar surface area (TPSA) is 86.6 Å². The van der Waals surface area contributed by atoms with Crippen LogP contribution in [0.15, 0.2) is 24.5 Å². The highest BCUT2D eigenvalue weighted by Gasteiger charge is 2.29. The quantitative estimate of drug-likeness (QED) is 0.501. The van der Waals surface area contributed by atoms with E-state index in [9.17, 15) is 9.59 Å². The number of fused-ring (bicyclic) bond motifs is 3. The average molecular weight is 477 g/mol. The fourth-order valence-electron chi connectivity index (χ4n) is 4.05. The van der Waals surface area contributed by atoms with Gasteiger partial charge in [-0.2, -0.15) is 0 Å². The molecule has 4 rings (SSSR count). The molecule has 32 heavy (non-hydrogen) atoms. The second kappa shape index (κ2) is 9.34. The number of aryl methyl sites for hydroxylation is 1. The number of rotatable bonds is 6. The maximum atomic E-state index is 13.0. The lowest BCUT2D eigenvalue weighted by molar-refractivity contribution is -0.140. The Labute approximate surface area is 195 Å². The molecule has 3 heterocycles. The fraction of sp³-hybridized carbons (Fsp3) is 0.364. The van der Waals surface area contributed by atoms with Gasteiger partial charge in [-0.05, 0) is 12.5 Å². The van der Waals surface area contributed by atoms with Crippen LogP contribution in [0.2, 0.25) is 10.0 Å². The summed E-state index contributed by atoms with van der Waals surface area (Å²) in [7, 11) is 2.90. The summed E-state index contributed by atoms with van der Waals surface area (Å²) in [6.07, 6.45) is 4.50. The van der Waals surface area contributed by atoms with Crippen LogP contribution in [0.1, 0.15) is 34.7 Å². The van der Waals surface area contributed by atoms with Gasteiger partial charge in [-0.1, -0.05) is 29.3 Å². The first kappa shape index (κ1) is 22.4. The molecule has 0 aliphatic carbocycles. The van der Waals surface area contributed by atoms with Crippen LogP contribution in [0, 0.1) is 0 Å². The SMILES string of the molecule is COC(=O)CCCn1c2c(c3ccc(Cl)c(Cl)c31)CN(C(=O)c1ncc(OC)cn1)CC2. The van der Waals surface area contributed by atoms with Crippen LogP contribution < -0.4 is 4.74 Å². The molecule has 1 aliphatic rings. The molecule has 8 nitrogen and oxygen atoms in total. The Hall–Kier alpha value is -2.84. The molecular weight excluding hydrogens is 455 g/mol. The minimum Gasteiger partial charge on any atom is -0.494 e. The van der Waals surface area contributed by atoms with Crippen LogP contribution in [0.25, 0.3) is 10.9 Å². The van der Waals surface area contributed by atoms with Crippen molar-refractivity contribution in [3.05, 3.63) is 51.7 Å². The van der Waals surface area contributed by atoms with E-state index in [0.29, 0.717) is 54.7 Å². The molecule has 168 valence electrons. The Kier molecular flexibility index (Phi) is 6.53.